The first-order chi connectivity index (χ1) is 9.28. The molecule has 0 atom stereocenters. The molecule has 0 unspecified atom stereocenters. The molecule has 0 bridgehead atoms. The average molecular weight is 267 g/mol. The fraction of sp³-hybridized carbons (Fsp3) is 0. The quantitative estimate of drug-likeness (QED) is 0.598. The molecule has 0 aliphatic rings. The van der Waals surface area contributed by atoms with Crippen LogP contribution in [0.25, 0.3) is 21.9 Å². The second kappa shape index (κ2) is 4.87. The molecule has 0 saturated heterocycles. The molecular weight excluding hydrogens is 256 g/mol. The minimum absolute atomic E-state index is 0.592. The van der Waals surface area contributed by atoms with Gasteiger partial charge >= 0.3 is 0 Å². The van der Waals surface area contributed by atoms with Gasteiger partial charge in [-0.15, -0.1) is 0 Å². The molecule has 0 heterocycles. The lowest BCUT2D eigenvalue weighted by Gasteiger charge is -2.07. The maximum Gasteiger partial charge on any atom is 0.150 e. The Bertz CT molecular complexity index is 762. The number of aldehydes is 1. The van der Waals surface area contributed by atoms with E-state index in [0.717, 1.165) is 17.4 Å². The summed E-state index contributed by atoms with van der Waals surface area (Å²) in [6.07, 6.45) is 0.802. The van der Waals surface area contributed by atoms with Crippen molar-refractivity contribution in [2.45, 2.75) is 0 Å². The largest absolute Gasteiger partial charge is 0.298 e. The topological polar surface area (TPSA) is 17.1 Å². The molecule has 0 saturated carbocycles. The Morgan fingerprint density at radius 1 is 0.842 bits per heavy atom. The number of halogens is 1. The Hall–Kier alpha value is -2.12. The SMILES string of the molecule is O=Cc1ccc(-c2ccc3ccccc3c2)c(Cl)c1. The van der Waals surface area contributed by atoms with Crippen molar-refractivity contribution in [2.75, 3.05) is 0 Å². The first-order valence-electron chi connectivity index (χ1n) is 6.02. The van der Waals surface area contributed by atoms with Crippen LogP contribution in [-0.4, -0.2) is 6.29 Å². The zero-order valence-corrected chi connectivity index (χ0v) is 10.9. The third kappa shape index (κ3) is 2.25. The van der Waals surface area contributed by atoms with Gasteiger partial charge in [-0.25, -0.2) is 0 Å². The third-order valence-electron chi connectivity index (χ3n) is 3.19. The van der Waals surface area contributed by atoms with Gasteiger partial charge in [-0.2, -0.15) is 0 Å². The second-order valence-corrected chi connectivity index (χ2v) is 4.83. The van der Waals surface area contributed by atoms with Crippen molar-refractivity contribution in [3.63, 3.8) is 0 Å². The Balaban J connectivity index is 2.16. The number of benzene rings is 3. The fourth-order valence-corrected chi connectivity index (χ4v) is 2.49. The van der Waals surface area contributed by atoms with Crippen molar-refractivity contribution in [1.29, 1.82) is 0 Å². The van der Waals surface area contributed by atoms with E-state index in [9.17, 15) is 4.79 Å². The Kier molecular flexibility index (Phi) is 3.06. The van der Waals surface area contributed by atoms with Crippen molar-refractivity contribution in [3.8, 4) is 11.1 Å². The van der Waals surface area contributed by atoms with E-state index < -0.39 is 0 Å². The molecule has 0 N–H and O–H groups in total. The molecule has 92 valence electrons. The van der Waals surface area contributed by atoms with Crippen LogP contribution in [0.2, 0.25) is 5.02 Å². The van der Waals surface area contributed by atoms with Gasteiger partial charge in [0.25, 0.3) is 0 Å². The van der Waals surface area contributed by atoms with E-state index in [0.29, 0.717) is 10.6 Å². The summed E-state index contributed by atoms with van der Waals surface area (Å²) in [7, 11) is 0. The number of rotatable bonds is 2. The predicted molar refractivity (Wildman–Crippen MR) is 79.8 cm³/mol. The molecule has 3 aromatic carbocycles. The average Bonchev–Trinajstić information content (AvgIpc) is 2.46. The summed E-state index contributed by atoms with van der Waals surface area (Å²) in [4.78, 5) is 10.7. The van der Waals surface area contributed by atoms with Gasteiger partial charge in [0.05, 0.1) is 0 Å². The monoisotopic (exact) mass is 266 g/mol. The summed E-state index contributed by atoms with van der Waals surface area (Å²) >= 11 is 6.23. The van der Waals surface area contributed by atoms with E-state index in [4.69, 9.17) is 11.6 Å². The lowest BCUT2D eigenvalue weighted by Crippen LogP contribution is -1.84. The van der Waals surface area contributed by atoms with Gasteiger partial charge in [-0.3, -0.25) is 4.79 Å². The van der Waals surface area contributed by atoms with Gasteiger partial charge < -0.3 is 0 Å². The molecule has 0 radical (unpaired) electrons. The van der Waals surface area contributed by atoms with Crippen LogP contribution in [-0.2, 0) is 0 Å². The van der Waals surface area contributed by atoms with Crippen molar-refractivity contribution in [2.24, 2.45) is 0 Å². The first kappa shape index (κ1) is 11.9. The van der Waals surface area contributed by atoms with Crippen LogP contribution in [0.5, 0.6) is 0 Å². The fourth-order valence-electron chi connectivity index (χ4n) is 2.20. The molecular formula is C17H11ClO. The van der Waals surface area contributed by atoms with Gasteiger partial charge in [0.1, 0.15) is 6.29 Å². The summed E-state index contributed by atoms with van der Waals surface area (Å²) in [6, 6.07) is 19.8. The highest BCUT2D eigenvalue weighted by atomic mass is 35.5. The molecule has 0 aromatic heterocycles. The van der Waals surface area contributed by atoms with E-state index in [-0.39, 0.29) is 0 Å². The molecule has 0 aliphatic heterocycles. The molecule has 0 spiro atoms. The lowest BCUT2D eigenvalue weighted by molar-refractivity contribution is 0.112. The summed E-state index contributed by atoms with van der Waals surface area (Å²) in [6.45, 7) is 0. The maximum absolute atomic E-state index is 10.7. The summed E-state index contributed by atoms with van der Waals surface area (Å²) in [5.41, 5.74) is 2.59. The van der Waals surface area contributed by atoms with Crippen LogP contribution < -0.4 is 0 Å². The van der Waals surface area contributed by atoms with E-state index in [1.807, 2.05) is 24.3 Å². The number of hydrogen-bond donors (Lipinski definition) is 0. The van der Waals surface area contributed by atoms with Crippen LogP contribution >= 0.6 is 11.6 Å². The molecule has 19 heavy (non-hydrogen) atoms. The molecule has 2 heteroatoms. The highest BCUT2D eigenvalue weighted by Gasteiger charge is 2.05. The molecule has 0 aliphatic carbocycles. The third-order valence-corrected chi connectivity index (χ3v) is 3.50. The molecule has 0 amide bonds. The minimum atomic E-state index is 0.592. The van der Waals surface area contributed by atoms with Crippen molar-refractivity contribution in [3.05, 3.63) is 71.2 Å². The van der Waals surface area contributed by atoms with Gasteiger partial charge in [0, 0.05) is 16.1 Å². The van der Waals surface area contributed by atoms with Crippen LogP contribution in [0, 0.1) is 0 Å². The number of fused-ring (bicyclic) bond motifs is 1. The van der Waals surface area contributed by atoms with Crippen LogP contribution in [0.3, 0.4) is 0 Å². The minimum Gasteiger partial charge on any atom is -0.298 e. The van der Waals surface area contributed by atoms with E-state index in [1.165, 1.54) is 10.8 Å². The lowest BCUT2D eigenvalue weighted by atomic mass is 10.0. The molecule has 1 nitrogen and oxygen atoms in total. The van der Waals surface area contributed by atoms with Gasteiger partial charge in [-0.1, -0.05) is 60.1 Å². The Morgan fingerprint density at radius 2 is 1.63 bits per heavy atom. The number of carbonyl (C=O) groups excluding carboxylic acids is 1. The number of carbonyl (C=O) groups is 1. The van der Waals surface area contributed by atoms with Crippen LogP contribution in [0.4, 0.5) is 0 Å². The maximum atomic E-state index is 10.7. The van der Waals surface area contributed by atoms with Crippen LogP contribution in [0.1, 0.15) is 10.4 Å². The van der Waals surface area contributed by atoms with Gasteiger partial charge in [-0.05, 0) is 28.5 Å². The standard InChI is InChI=1S/C17H11ClO/c18-17-9-12(11-19)5-8-16(17)15-7-6-13-3-1-2-4-14(13)10-15/h1-11H. The highest BCUT2D eigenvalue weighted by Crippen LogP contribution is 2.30. The van der Waals surface area contributed by atoms with Crippen molar-refractivity contribution < 1.29 is 4.79 Å². The molecule has 0 fully saturated rings. The molecule has 3 rings (SSSR count). The normalized spacial score (nSPS) is 10.6. The van der Waals surface area contributed by atoms with Gasteiger partial charge in [0.2, 0.25) is 0 Å². The zero-order valence-electron chi connectivity index (χ0n) is 10.1. The smallest absolute Gasteiger partial charge is 0.150 e. The van der Waals surface area contributed by atoms with E-state index in [2.05, 4.69) is 24.3 Å². The summed E-state index contributed by atoms with van der Waals surface area (Å²) in [5.74, 6) is 0. The van der Waals surface area contributed by atoms with Crippen molar-refractivity contribution >= 4 is 28.7 Å². The molecule has 3 aromatic rings. The Labute approximate surface area is 116 Å². The predicted octanol–water partition coefficient (Wildman–Crippen LogP) is 4.97. The first-order valence-corrected chi connectivity index (χ1v) is 6.39. The van der Waals surface area contributed by atoms with Crippen molar-refractivity contribution in [1.82, 2.24) is 0 Å². The number of hydrogen-bond acceptors (Lipinski definition) is 1. The van der Waals surface area contributed by atoms with Crippen LogP contribution in [0.15, 0.2) is 60.7 Å². The Morgan fingerprint density at radius 3 is 2.37 bits per heavy atom. The highest BCUT2D eigenvalue weighted by molar-refractivity contribution is 6.33. The zero-order chi connectivity index (χ0) is 13.2. The summed E-state index contributed by atoms with van der Waals surface area (Å²) in [5, 5.41) is 2.97. The summed E-state index contributed by atoms with van der Waals surface area (Å²) < 4.78 is 0. The van der Waals surface area contributed by atoms with Gasteiger partial charge in [0.15, 0.2) is 0 Å². The second-order valence-electron chi connectivity index (χ2n) is 4.42. The van der Waals surface area contributed by atoms with E-state index >= 15 is 0 Å². The van der Waals surface area contributed by atoms with E-state index in [1.54, 1.807) is 12.1 Å².